The highest BCUT2D eigenvalue weighted by Gasteiger charge is 2.30. The average molecular weight is 411 g/mol. The quantitative estimate of drug-likeness (QED) is 0.637. The van der Waals surface area contributed by atoms with Gasteiger partial charge in [0.2, 0.25) is 0 Å². The van der Waals surface area contributed by atoms with Crippen molar-refractivity contribution in [3.63, 3.8) is 0 Å². The van der Waals surface area contributed by atoms with Gasteiger partial charge in [0.25, 0.3) is 0 Å². The number of halogens is 1. The van der Waals surface area contributed by atoms with Crippen LogP contribution in [0.2, 0.25) is 5.02 Å². The second-order valence-corrected chi connectivity index (χ2v) is 8.87. The fourth-order valence-electron chi connectivity index (χ4n) is 4.56. The first-order chi connectivity index (χ1) is 14.1. The third-order valence-electron chi connectivity index (χ3n) is 6.24. The van der Waals surface area contributed by atoms with Crippen molar-refractivity contribution in [2.45, 2.75) is 56.5 Å². The summed E-state index contributed by atoms with van der Waals surface area (Å²) in [6.07, 6.45) is 5.97. The third-order valence-corrected chi connectivity index (χ3v) is 6.56. The monoisotopic (exact) mass is 410 g/mol. The molecule has 1 aromatic heterocycles. The minimum Gasteiger partial charge on any atom is -0.393 e. The molecule has 2 aromatic carbocycles. The number of rotatable bonds is 5. The summed E-state index contributed by atoms with van der Waals surface area (Å²) >= 11 is 6.62. The van der Waals surface area contributed by atoms with Gasteiger partial charge in [0.15, 0.2) is 0 Å². The Kier molecular flexibility index (Phi) is 5.12. The summed E-state index contributed by atoms with van der Waals surface area (Å²) < 4.78 is 8.31. The summed E-state index contributed by atoms with van der Waals surface area (Å²) in [6, 6.07) is 15.0. The number of hydrogen-bond donors (Lipinski definition) is 2. The average Bonchev–Trinajstić information content (AvgIpc) is 3.50. The van der Waals surface area contributed by atoms with E-state index >= 15 is 0 Å². The second-order valence-electron chi connectivity index (χ2n) is 8.46. The lowest BCUT2D eigenvalue weighted by atomic mass is 10.0. The molecule has 2 aliphatic rings. The predicted octanol–water partition coefficient (Wildman–Crippen LogP) is 4.76. The molecule has 0 amide bonds. The molecule has 29 heavy (non-hydrogen) atoms. The van der Waals surface area contributed by atoms with Crippen LogP contribution in [0.5, 0.6) is 0 Å². The van der Waals surface area contributed by atoms with Gasteiger partial charge in [-0.25, -0.2) is 0 Å². The van der Waals surface area contributed by atoms with Crippen molar-refractivity contribution in [1.82, 2.24) is 4.57 Å². The first-order valence-corrected chi connectivity index (χ1v) is 10.9. The number of nitrogens with two attached hydrogens (primary N) is 1. The lowest BCUT2D eigenvalue weighted by Gasteiger charge is -2.33. The Labute approximate surface area is 176 Å². The number of aliphatic hydroxyl groups excluding tert-OH is 1. The lowest BCUT2D eigenvalue weighted by molar-refractivity contribution is -0.123. The van der Waals surface area contributed by atoms with Crippen molar-refractivity contribution in [1.29, 1.82) is 0 Å². The summed E-state index contributed by atoms with van der Waals surface area (Å²) in [5.41, 5.74) is 10.8. The minimum atomic E-state index is -0.405. The van der Waals surface area contributed by atoms with Crippen LogP contribution < -0.4 is 5.73 Å². The number of aliphatic hydroxyl groups is 1. The first-order valence-electron chi connectivity index (χ1n) is 10.5. The summed E-state index contributed by atoms with van der Waals surface area (Å²) in [5, 5.41) is 12.1. The molecule has 5 rings (SSSR count). The Bertz CT molecular complexity index is 1010. The Morgan fingerprint density at radius 2 is 1.90 bits per heavy atom. The smallest absolute Gasteiger partial charge is 0.136 e. The molecule has 2 fully saturated rings. The molecule has 1 saturated carbocycles. The van der Waals surface area contributed by atoms with Crippen LogP contribution in [0.4, 0.5) is 0 Å². The van der Waals surface area contributed by atoms with Gasteiger partial charge < -0.3 is 20.1 Å². The largest absolute Gasteiger partial charge is 0.393 e. The number of nitrogens with zero attached hydrogens (tertiary/aromatic N) is 1. The van der Waals surface area contributed by atoms with Crippen molar-refractivity contribution in [2.24, 2.45) is 5.73 Å². The van der Waals surface area contributed by atoms with Gasteiger partial charge in [-0.15, -0.1) is 0 Å². The Morgan fingerprint density at radius 3 is 2.62 bits per heavy atom. The van der Waals surface area contributed by atoms with Crippen molar-refractivity contribution in [3.05, 3.63) is 70.4 Å². The maximum Gasteiger partial charge on any atom is 0.136 e. The molecular formula is C24H27ClN2O2. The van der Waals surface area contributed by atoms with Gasteiger partial charge in [-0.3, -0.25) is 0 Å². The molecule has 1 saturated heterocycles. The van der Waals surface area contributed by atoms with Crippen LogP contribution in [0.3, 0.4) is 0 Å². The van der Waals surface area contributed by atoms with Crippen LogP contribution in [-0.2, 0) is 11.2 Å². The van der Waals surface area contributed by atoms with E-state index in [0.717, 1.165) is 28.3 Å². The van der Waals surface area contributed by atoms with E-state index in [4.69, 9.17) is 22.1 Å². The topological polar surface area (TPSA) is 60.4 Å². The van der Waals surface area contributed by atoms with E-state index in [1.807, 2.05) is 12.1 Å². The van der Waals surface area contributed by atoms with Gasteiger partial charge in [-0.1, -0.05) is 41.9 Å². The molecule has 3 atom stereocenters. The van der Waals surface area contributed by atoms with Crippen LogP contribution in [0.15, 0.2) is 48.7 Å². The molecule has 5 heteroatoms. The predicted molar refractivity (Wildman–Crippen MR) is 116 cm³/mol. The maximum absolute atomic E-state index is 10.3. The van der Waals surface area contributed by atoms with Crippen LogP contribution in [0, 0.1) is 0 Å². The second kappa shape index (κ2) is 7.77. The molecule has 3 N–H and O–H groups in total. The fourth-order valence-corrected chi connectivity index (χ4v) is 4.85. The zero-order valence-corrected chi connectivity index (χ0v) is 17.2. The van der Waals surface area contributed by atoms with Gasteiger partial charge in [-0.2, -0.15) is 0 Å². The third kappa shape index (κ3) is 3.82. The number of benzene rings is 2. The molecule has 3 aromatic rings. The highest BCUT2D eigenvalue weighted by atomic mass is 35.5. The summed E-state index contributed by atoms with van der Waals surface area (Å²) in [4.78, 5) is 0. The van der Waals surface area contributed by atoms with E-state index in [-0.39, 0.29) is 12.3 Å². The molecule has 152 valence electrons. The standard InChI is InChI=1S/C24H27ClN2O2/c25-21-2-1-3-22-24(21)18(10-15-4-6-16(7-5-15)17-8-9-17)14-27(22)23-12-19(28)11-20(13-26)29-23/h1-7,14,17,19-20,23,28H,8-13,26H2/t19-,20-,23+/m0/s1. The molecule has 0 spiro atoms. The Morgan fingerprint density at radius 1 is 1.10 bits per heavy atom. The van der Waals surface area contributed by atoms with Gasteiger partial charge in [-0.05, 0) is 54.0 Å². The van der Waals surface area contributed by atoms with Gasteiger partial charge in [0.1, 0.15) is 6.23 Å². The molecule has 2 heterocycles. The van der Waals surface area contributed by atoms with E-state index in [1.54, 1.807) is 0 Å². The Balaban J connectivity index is 1.50. The van der Waals surface area contributed by atoms with Crippen molar-refractivity contribution in [2.75, 3.05) is 6.54 Å². The number of hydrogen-bond acceptors (Lipinski definition) is 3. The molecule has 1 aliphatic heterocycles. The van der Waals surface area contributed by atoms with Crippen LogP contribution >= 0.6 is 11.6 Å². The fraction of sp³-hybridized carbons (Fsp3) is 0.417. The van der Waals surface area contributed by atoms with Gasteiger partial charge in [0, 0.05) is 31.0 Å². The van der Waals surface area contributed by atoms with Crippen LogP contribution in [0.25, 0.3) is 10.9 Å². The maximum atomic E-state index is 10.3. The number of aromatic nitrogens is 1. The SMILES string of the molecule is NC[C@@H]1C[C@H](O)C[C@H](n2cc(Cc3ccc(C4CC4)cc3)c3c(Cl)cccc32)O1. The molecular weight excluding hydrogens is 384 g/mol. The van der Waals surface area contributed by atoms with Crippen molar-refractivity contribution < 1.29 is 9.84 Å². The summed E-state index contributed by atoms with van der Waals surface area (Å²) in [6.45, 7) is 0.410. The van der Waals surface area contributed by atoms with Crippen LogP contribution in [-0.4, -0.2) is 28.4 Å². The molecule has 0 radical (unpaired) electrons. The first kappa shape index (κ1) is 19.1. The molecule has 0 unspecified atom stereocenters. The zero-order valence-electron chi connectivity index (χ0n) is 16.4. The van der Waals surface area contributed by atoms with Crippen molar-refractivity contribution in [3.8, 4) is 0 Å². The summed E-state index contributed by atoms with van der Waals surface area (Å²) in [5.74, 6) is 0.769. The number of fused-ring (bicyclic) bond motifs is 1. The Hall–Kier alpha value is -1.85. The molecule has 0 bridgehead atoms. The van der Waals surface area contributed by atoms with E-state index in [0.29, 0.717) is 19.4 Å². The normalized spacial score (nSPS) is 24.9. The van der Waals surface area contributed by atoms with Gasteiger partial charge >= 0.3 is 0 Å². The summed E-state index contributed by atoms with van der Waals surface area (Å²) in [7, 11) is 0. The van der Waals surface area contributed by atoms with E-state index in [9.17, 15) is 5.11 Å². The van der Waals surface area contributed by atoms with Gasteiger partial charge in [0.05, 0.1) is 22.7 Å². The van der Waals surface area contributed by atoms with E-state index < -0.39 is 6.10 Å². The lowest BCUT2D eigenvalue weighted by Crippen LogP contribution is -2.37. The van der Waals surface area contributed by atoms with Crippen LogP contribution in [0.1, 0.15) is 54.5 Å². The highest BCUT2D eigenvalue weighted by Crippen LogP contribution is 2.40. The molecule has 1 aliphatic carbocycles. The van der Waals surface area contributed by atoms with E-state index in [2.05, 4.69) is 41.1 Å². The number of ether oxygens (including phenoxy) is 1. The molecule has 4 nitrogen and oxygen atoms in total. The highest BCUT2D eigenvalue weighted by molar-refractivity contribution is 6.35. The van der Waals surface area contributed by atoms with Crippen molar-refractivity contribution >= 4 is 22.5 Å². The zero-order chi connectivity index (χ0) is 20.0. The van der Waals surface area contributed by atoms with E-state index in [1.165, 1.54) is 29.5 Å². The minimum absolute atomic E-state index is 0.126.